The van der Waals surface area contributed by atoms with Crippen LogP contribution in [0, 0.1) is 11.3 Å². The molecule has 176 valence electrons. The van der Waals surface area contributed by atoms with Crippen molar-refractivity contribution in [2.45, 2.75) is 20.4 Å². The SMILES string of the molecule is COc1ccc(CN=CC(=CN)C2=CNC3=CC=C(N=C(N)C=C(C=N)C(C)C)NC3=C2)cn1. The van der Waals surface area contributed by atoms with Crippen LogP contribution in [-0.4, -0.2) is 30.4 Å². The van der Waals surface area contributed by atoms with Crippen LogP contribution in [0.4, 0.5) is 0 Å². The molecule has 0 spiro atoms. The second-order valence-corrected chi connectivity index (χ2v) is 7.84. The van der Waals surface area contributed by atoms with Crippen LogP contribution in [0.25, 0.3) is 0 Å². The number of allylic oxidation sites excluding steroid dienone is 6. The molecule has 0 fully saturated rings. The first kappa shape index (κ1) is 24.2. The lowest BCUT2D eigenvalue weighted by Crippen LogP contribution is -2.27. The number of aliphatic imine (C=N–C) groups is 2. The molecule has 2 aliphatic heterocycles. The van der Waals surface area contributed by atoms with Crippen molar-refractivity contribution in [2.75, 3.05) is 7.11 Å². The molecule has 9 heteroatoms. The number of pyridine rings is 1. The van der Waals surface area contributed by atoms with Crippen LogP contribution < -0.4 is 26.8 Å². The van der Waals surface area contributed by atoms with Crippen LogP contribution in [0.5, 0.6) is 5.88 Å². The predicted molar refractivity (Wildman–Crippen MR) is 137 cm³/mol. The minimum Gasteiger partial charge on any atom is -0.481 e. The van der Waals surface area contributed by atoms with E-state index in [1.165, 1.54) is 12.4 Å². The molecule has 0 saturated carbocycles. The fourth-order valence-corrected chi connectivity index (χ4v) is 3.13. The van der Waals surface area contributed by atoms with Crippen LogP contribution in [0.2, 0.25) is 0 Å². The van der Waals surface area contributed by atoms with Crippen molar-refractivity contribution in [3.8, 4) is 5.88 Å². The third-order valence-electron chi connectivity index (χ3n) is 5.07. The number of nitrogens with zero attached hydrogens (tertiary/aromatic N) is 3. The molecule has 0 amide bonds. The Balaban J connectivity index is 1.70. The van der Waals surface area contributed by atoms with Gasteiger partial charge in [-0.25, -0.2) is 9.98 Å². The van der Waals surface area contributed by atoms with Gasteiger partial charge in [-0.2, -0.15) is 0 Å². The van der Waals surface area contributed by atoms with E-state index < -0.39 is 0 Å². The van der Waals surface area contributed by atoms with Crippen LogP contribution in [0.3, 0.4) is 0 Å². The van der Waals surface area contributed by atoms with Gasteiger partial charge in [0.05, 0.1) is 25.0 Å². The highest BCUT2D eigenvalue weighted by atomic mass is 16.5. The smallest absolute Gasteiger partial charge is 0.212 e. The van der Waals surface area contributed by atoms with Crippen molar-refractivity contribution < 1.29 is 4.74 Å². The van der Waals surface area contributed by atoms with E-state index in [4.69, 9.17) is 21.6 Å². The van der Waals surface area contributed by atoms with Gasteiger partial charge in [0.2, 0.25) is 5.88 Å². The molecular weight excluding hydrogens is 428 g/mol. The molecule has 3 heterocycles. The Bertz CT molecular complexity index is 1160. The van der Waals surface area contributed by atoms with Crippen LogP contribution in [0.1, 0.15) is 19.4 Å². The first-order valence-electron chi connectivity index (χ1n) is 10.8. The lowest BCUT2D eigenvalue weighted by Gasteiger charge is -2.23. The minimum absolute atomic E-state index is 0.188. The van der Waals surface area contributed by atoms with Crippen molar-refractivity contribution in [1.29, 1.82) is 5.41 Å². The van der Waals surface area contributed by atoms with Crippen molar-refractivity contribution >= 4 is 18.3 Å². The molecule has 0 unspecified atom stereocenters. The maximum absolute atomic E-state index is 7.52. The highest BCUT2D eigenvalue weighted by Gasteiger charge is 2.16. The number of rotatable bonds is 9. The lowest BCUT2D eigenvalue weighted by molar-refractivity contribution is 0.397. The van der Waals surface area contributed by atoms with Gasteiger partial charge in [-0.1, -0.05) is 19.9 Å². The Kier molecular flexibility index (Phi) is 8.17. The van der Waals surface area contributed by atoms with Crippen LogP contribution in [-0.2, 0) is 6.54 Å². The molecule has 3 rings (SSSR count). The molecule has 0 saturated heterocycles. The monoisotopic (exact) mass is 458 g/mol. The molecule has 34 heavy (non-hydrogen) atoms. The first-order chi connectivity index (χ1) is 16.4. The van der Waals surface area contributed by atoms with E-state index in [-0.39, 0.29) is 5.92 Å². The topological polar surface area (TPSA) is 147 Å². The highest BCUT2D eigenvalue weighted by molar-refractivity contribution is 5.97. The van der Waals surface area contributed by atoms with Crippen LogP contribution in [0.15, 0.2) is 99.0 Å². The second kappa shape index (κ2) is 11.5. The number of ether oxygens (including phenoxy) is 1. The average Bonchev–Trinajstić information content (AvgIpc) is 2.85. The zero-order valence-corrected chi connectivity index (χ0v) is 19.5. The summed E-state index contributed by atoms with van der Waals surface area (Å²) in [6.45, 7) is 4.48. The van der Waals surface area contributed by atoms with Crippen molar-refractivity contribution in [1.82, 2.24) is 15.6 Å². The summed E-state index contributed by atoms with van der Waals surface area (Å²) in [5, 5.41) is 14.0. The summed E-state index contributed by atoms with van der Waals surface area (Å²) < 4.78 is 5.07. The maximum atomic E-state index is 7.52. The summed E-state index contributed by atoms with van der Waals surface area (Å²) in [5.41, 5.74) is 17.1. The van der Waals surface area contributed by atoms with E-state index in [9.17, 15) is 0 Å². The molecule has 0 aliphatic carbocycles. The summed E-state index contributed by atoms with van der Waals surface area (Å²) in [6.07, 6.45) is 15.6. The van der Waals surface area contributed by atoms with E-state index >= 15 is 0 Å². The number of nitrogens with one attached hydrogen (secondary N) is 3. The third kappa shape index (κ3) is 6.32. The van der Waals surface area contributed by atoms with Gasteiger partial charge in [-0.15, -0.1) is 0 Å². The molecular formula is C25H30N8O. The third-order valence-corrected chi connectivity index (χ3v) is 5.07. The van der Waals surface area contributed by atoms with E-state index in [2.05, 4.69) is 25.6 Å². The fraction of sp³-hybridized carbons (Fsp3) is 0.200. The Morgan fingerprint density at radius 3 is 2.74 bits per heavy atom. The second-order valence-electron chi connectivity index (χ2n) is 7.84. The van der Waals surface area contributed by atoms with Crippen molar-refractivity contribution in [2.24, 2.45) is 27.4 Å². The van der Waals surface area contributed by atoms with Crippen molar-refractivity contribution in [3.05, 3.63) is 94.5 Å². The standard InChI is InChI=1S/C25H30N8O/c1-16(2)18(10-26)9-23(28)33-24-6-5-21-22(32-24)8-19(15-30-21)20(11-27)14-29-12-17-4-7-25(34-3)31-13-17/h4-11,13-16,26,30,32H,12,27H2,1-3H3,(H2,28,33). The Labute approximate surface area is 199 Å². The van der Waals surface area contributed by atoms with Gasteiger partial charge in [0, 0.05) is 48.2 Å². The number of methoxy groups -OCH3 is 1. The largest absolute Gasteiger partial charge is 0.481 e. The van der Waals surface area contributed by atoms with Gasteiger partial charge in [-0.3, -0.25) is 4.99 Å². The first-order valence-corrected chi connectivity index (χ1v) is 10.8. The predicted octanol–water partition coefficient (Wildman–Crippen LogP) is 2.79. The van der Waals surface area contributed by atoms with E-state index in [0.717, 1.165) is 33.7 Å². The molecule has 2 aliphatic rings. The highest BCUT2D eigenvalue weighted by Crippen LogP contribution is 2.22. The number of dihydropyridines is 2. The molecule has 0 bridgehead atoms. The van der Waals surface area contributed by atoms with E-state index in [1.54, 1.807) is 31.7 Å². The molecule has 7 N–H and O–H groups in total. The number of fused-ring (bicyclic) bond motifs is 1. The average molecular weight is 459 g/mol. The summed E-state index contributed by atoms with van der Waals surface area (Å²) in [6, 6.07) is 3.72. The summed E-state index contributed by atoms with van der Waals surface area (Å²) in [7, 11) is 1.58. The molecule has 0 atom stereocenters. The minimum atomic E-state index is 0.188. The zero-order chi connectivity index (χ0) is 24.5. The van der Waals surface area contributed by atoms with Gasteiger partial charge < -0.3 is 32.2 Å². The van der Waals surface area contributed by atoms with Crippen molar-refractivity contribution in [3.63, 3.8) is 0 Å². The van der Waals surface area contributed by atoms with E-state index in [1.807, 2.05) is 44.3 Å². The van der Waals surface area contributed by atoms with Gasteiger partial charge >= 0.3 is 0 Å². The normalized spacial score (nSPS) is 16.6. The summed E-state index contributed by atoms with van der Waals surface area (Å²) in [5.74, 6) is 1.67. The molecule has 1 aromatic rings. The van der Waals surface area contributed by atoms with E-state index in [0.29, 0.717) is 24.1 Å². The zero-order valence-electron chi connectivity index (χ0n) is 19.5. The molecule has 9 nitrogen and oxygen atoms in total. The number of nitrogens with two attached hydrogens (primary N) is 2. The Morgan fingerprint density at radius 2 is 2.09 bits per heavy atom. The van der Waals surface area contributed by atoms with Crippen LogP contribution >= 0.6 is 0 Å². The molecule has 0 aromatic carbocycles. The number of aromatic nitrogens is 1. The number of amidine groups is 1. The molecule has 0 radical (unpaired) electrons. The van der Waals surface area contributed by atoms with Gasteiger partial charge in [0.25, 0.3) is 0 Å². The summed E-state index contributed by atoms with van der Waals surface area (Å²) in [4.78, 5) is 13.1. The summed E-state index contributed by atoms with van der Waals surface area (Å²) >= 11 is 0. The fourth-order valence-electron chi connectivity index (χ4n) is 3.13. The maximum Gasteiger partial charge on any atom is 0.212 e. The van der Waals surface area contributed by atoms with Gasteiger partial charge in [0.1, 0.15) is 11.7 Å². The van der Waals surface area contributed by atoms with Gasteiger partial charge in [0.15, 0.2) is 0 Å². The quantitative estimate of drug-likeness (QED) is 0.284. The Hall–Kier alpha value is -4.40. The lowest BCUT2D eigenvalue weighted by atomic mass is 10.0. The van der Waals surface area contributed by atoms with Gasteiger partial charge in [-0.05, 0) is 41.4 Å². The molecule has 1 aromatic heterocycles. The number of hydrogen-bond donors (Lipinski definition) is 5. The number of hydrogen-bond acceptors (Lipinski definition) is 8. The Morgan fingerprint density at radius 1 is 1.26 bits per heavy atom.